The molecule has 13 heavy (non-hydrogen) atoms. The zero-order chi connectivity index (χ0) is 10.3. The van der Waals surface area contributed by atoms with Crippen molar-refractivity contribution >= 4 is 12.3 Å². The van der Waals surface area contributed by atoms with Crippen LogP contribution in [-0.2, 0) is 9.59 Å². The first-order chi connectivity index (χ1) is 6.06. The van der Waals surface area contributed by atoms with Gasteiger partial charge in [-0.2, -0.15) is 0 Å². The minimum atomic E-state index is -0.842. The van der Waals surface area contributed by atoms with Gasteiger partial charge in [0, 0.05) is 13.1 Å². The second kappa shape index (κ2) is 6.56. The van der Waals surface area contributed by atoms with Gasteiger partial charge in [-0.1, -0.05) is 0 Å². The zero-order valence-electron chi connectivity index (χ0n) is 7.99. The maximum atomic E-state index is 10.2. The molecule has 0 saturated carbocycles. The molecule has 0 radical (unpaired) electrons. The number of likely N-dealkylation sites (N-methyl/N-ethyl adjacent to an activating group) is 1. The molecule has 0 rings (SSSR count). The molecule has 0 bridgehead atoms. The van der Waals surface area contributed by atoms with Gasteiger partial charge < -0.3 is 15.2 Å². The third kappa shape index (κ3) is 7.42. The number of hydrogen-bond acceptors (Lipinski definition) is 4. The average molecular weight is 188 g/mol. The van der Waals surface area contributed by atoms with Gasteiger partial charge in [0.15, 0.2) is 0 Å². The van der Waals surface area contributed by atoms with Gasteiger partial charge in [-0.3, -0.25) is 9.69 Å². The fourth-order valence-electron chi connectivity index (χ4n) is 0.841. The number of aldehydes is 1. The number of hydrogen-bond donors (Lipinski definition) is 2. The van der Waals surface area contributed by atoms with E-state index in [1.54, 1.807) is 18.9 Å². The second-order valence-electron chi connectivity index (χ2n) is 3.01. The zero-order valence-corrected chi connectivity index (χ0v) is 7.99. The van der Waals surface area contributed by atoms with Crippen LogP contribution in [0.3, 0.4) is 0 Å². The van der Waals surface area contributed by atoms with Crippen molar-refractivity contribution in [3.63, 3.8) is 0 Å². The fourth-order valence-corrected chi connectivity index (χ4v) is 0.841. The monoisotopic (exact) mass is 188 g/mol. The summed E-state index contributed by atoms with van der Waals surface area (Å²) in [6, 6.07) is -0.168. The molecule has 0 aliphatic carbocycles. The maximum absolute atomic E-state index is 10.2. The molecular weight excluding hydrogens is 172 g/mol. The Bertz CT molecular complexity index is 173. The first-order valence-corrected chi connectivity index (χ1v) is 4.15. The quantitative estimate of drug-likeness (QED) is 0.511. The molecule has 0 aromatic carbocycles. The summed E-state index contributed by atoms with van der Waals surface area (Å²) in [5.74, 6) is -0.842. The Morgan fingerprint density at radius 3 is 2.77 bits per heavy atom. The van der Waals surface area contributed by atoms with Crippen LogP contribution in [0.5, 0.6) is 0 Å². The minimum absolute atomic E-state index is 0.0250. The molecule has 5 heteroatoms. The van der Waals surface area contributed by atoms with E-state index in [2.05, 4.69) is 5.32 Å². The standard InChI is InChI=1S/C8H16N2O3/c1-7(6-11)9-3-4-10(2)5-8(12)13/h6-7,9H,3-5H2,1-2H3,(H,12,13). The molecule has 1 atom stereocenters. The van der Waals surface area contributed by atoms with Crippen LogP contribution in [0, 0.1) is 0 Å². The summed E-state index contributed by atoms with van der Waals surface area (Å²) in [5.41, 5.74) is 0. The van der Waals surface area contributed by atoms with E-state index in [4.69, 9.17) is 5.11 Å². The second-order valence-corrected chi connectivity index (χ2v) is 3.01. The Kier molecular flexibility index (Phi) is 6.09. The Labute approximate surface area is 77.7 Å². The van der Waals surface area contributed by atoms with Gasteiger partial charge in [0.1, 0.15) is 6.29 Å². The summed E-state index contributed by atoms with van der Waals surface area (Å²) >= 11 is 0. The topological polar surface area (TPSA) is 69.6 Å². The fraction of sp³-hybridized carbons (Fsp3) is 0.750. The normalized spacial score (nSPS) is 12.8. The molecule has 1 unspecified atom stereocenters. The molecular formula is C8H16N2O3. The van der Waals surface area contributed by atoms with Crippen molar-refractivity contribution < 1.29 is 14.7 Å². The van der Waals surface area contributed by atoms with E-state index in [1.165, 1.54) is 0 Å². The number of rotatable bonds is 7. The Balaban J connectivity index is 3.41. The molecule has 0 spiro atoms. The highest BCUT2D eigenvalue weighted by molar-refractivity contribution is 5.68. The SMILES string of the molecule is CC(C=O)NCCN(C)CC(=O)O. The molecule has 0 aromatic rings. The molecule has 0 aromatic heterocycles. The van der Waals surface area contributed by atoms with Gasteiger partial charge in [-0.25, -0.2) is 0 Å². The van der Waals surface area contributed by atoms with E-state index in [0.29, 0.717) is 13.1 Å². The molecule has 5 nitrogen and oxygen atoms in total. The van der Waals surface area contributed by atoms with Crippen molar-refractivity contribution in [1.82, 2.24) is 10.2 Å². The molecule has 2 N–H and O–H groups in total. The average Bonchev–Trinajstić information content (AvgIpc) is 2.02. The largest absolute Gasteiger partial charge is 0.480 e. The Morgan fingerprint density at radius 1 is 1.69 bits per heavy atom. The van der Waals surface area contributed by atoms with Crippen LogP contribution in [0.1, 0.15) is 6.92 Å². The van der Waals surface area contributed by atoms with E-state index < -0.39 is 5.97 Å². The molecule has 0 aliphatic rings. The van der Waals surface area contributed by atoms with Crippen molar-refractivity contribution in [2.75, 3.05) is 26.7 Å². The van der Waals surface area contributed by atoms with Crippen LogP contribution in [0.4, 0.5) is 0 Å². The summed E-state index contributed by atoms with van der Waals surface area (Å²) in [6.45, 7) is 3.01. The third-order valence-electron chi connectivity index (χ3n) is 1.57. The van der Waals surface area contributed by atoms with E-state index in [-0.39, 0.29) is 12.6 Å². The van der Waals surface area contributed by atoms with E-state index in [9.17, 15) is 9.59 Å². The van der Waals surface area contributed by atoms with Gasteiger partial charge in [0.2, 0.25) is 0 Å². The predicted molar refractivity (Wildman–Crippen MR) is 48.7 cm³/mol. The van der Waals surface area contributed by atoms with Crippen molar-refractivity contribution in [3.8, 4) is 0 Å². The van der Waals surface area contributed by atoms with Gasteiger partial charge in [0.25, 0.3) is 0 Å². The summed E-state index contributed by atoms with van der Waals surface area (Å²) in [5, 5.41) is 11.4. The van der Waals surface area contributed by atoms with E-state index in [0.717, 1.165) is 6.29 Å². The van der Waals surface area contributed by atoms with Crippen LogP contribution < -0.4 is 5.32 Å². The van der Waals surface area contributed by atoms with Crippen LogP contribution in [-0.4, -0.2) is 55.0 Å². The molecule has 0 amide bonds. The number of nitrogens with one attached hydrogen (secondary N) is 1. The first kappa shape index (κ1) is 12.1. The van der Waals surface area contributed by atoms with Crippen molar-refractivity contribution in [1.29, 1.82) is 0 Å². The lowest BCUT2D eigenvalue weighted by molar-refractivity contribution is -0.138. The lowest BCUT2D eigenvalue weighted by atomic mass is 10.4. The minimum Gasteiger partial charge on any atom is -0.480 e. The van der Waals surface area contributed by atoms with Gasteiger partial charge in [0.05, 0.1) is 12.6 Å². The van der Waals surface area contributed by atoms with Crippen LogP contribution >= 0.6 is 0 Å². The third-order valence-corrected chi connectivity index (χ3v) is 1.57. The Morgan fingerprint density at radius 2 is 2.31 bits per heavy atom. The Hall–Kier alpha value is -0.940. The van der Waals surface area contributed by atoms with Crippen molar-refractivity contribution in [3.05, 3.63) is 0 Å². The number of carboxylic acid groups (broad SMARTS) is 1. The lowest BCUT2D eigenvalue weighted by Crippen LogP contribution is -2.36. The van der Waals surface area contributed by atoms with Crippen molar-refractivity contribution in [2.45, 2.75) is 13.0 Å². The maximum Gasteiger partial charge on any atom is 0.317 e. The summed E-state index contributed by atoms with van der Waals surface area (Å²) in [7, 11) is 1.72. The summed E-state index contributed by atoms with van der Waals surface area (Å²) in [6.07, 6.45) is 0.817. The smallest absolute Gasteiger partial charge is 0.317 e. The highest BCUT2D eigenvalue weighted by Crippen LogP contribution is 1.81. The van der Waals surface area contributed by atoms with Crippen LogP contribution in [0.15, 0.2) is 0 Å². The van der Waals surface area contributed by atoms with Crippen LogP contribution in [0.2, 0.25) is 0 Å². The summed E-state index contributed by atoms with van der Waals surface area (Å²) < 4.78 is 0. The number of aliphatic carboxylic acids is 1. The van der Waals surface area contributed by atoms with Gasteiger partial charge in [-0.05, 0) is 14.0 Å². The number of carbonyl (C=O) groups is 2. The predicted octanol–water partition coefficient (Wildman–Crippen LogP) is -0.820. The molecule has 0 saturated heterocycles. The van der Waals surface area contributed by atoms with E-state index in [1.807, 2.05) is 0 Å². The highest BCUT2D eigenvalue weighted by atomic mass is 16.4. The highest BCUT2D eigenvalue weighted by Gasteiger charge is 2.04. The number of carboxylic acids is 1. The van der Waals surface area contributed by atoms with E-state index >= 15 is 0 Å². The van der Waals surface area contributed by atoms with Crippen molar-refractivity contribution in [2.24, 2.45) is 0 Å². The molecule has 0 fully saturated rings. The molecule has 76 valence electrons. The van der Waals surface area contributed by atoms with Gasteiger partial charge in [-0.15, -0.1) is 0 Å². The molecule has 0 heterocycles. The molecule has 0 aliphatic heterocycles. The summed E-state index contributed by atoms with van der Waals surface area (Å²) in [4.78, 5) is 22.1. The lowest BCUT2D eigenvalue weighted by Gasteiger charge is -2.14. The number of nitrogens with zero attached hydrogens (tertiary/aromatic N) is 1. The van der Waals surface area contributed by atoms with Gasteiger partial charge >= 0.3 is 5.97 Å². The van der Waals surface area contributed by atoms with Crippen LogP contribution in [0.25, 0.3) is 0 Å². The first-order valence-electron chi connectivity index (χ1n) is 4.15. The number of carbonyl (C=O) groups excluding carboxylic acids is 1.